The van der Waals surface area contributed by atoms with Gasteiger partial charge in [0.05, 0.1) is 4.88 Å². The molecule has 0 bridgehead atoms. The Hall–Kier alpha value is -0.150. The maximum Gasteiger partial charge on any atom is 0.175 e. The third-order valence-corrected chi connectivity index (χ3v) is 3.78. The van der Waals surface area contributed by atoms with E-state index in [0.29, 0.717) is 0 Å². The van der Waals surface area contributed by atoms with Crippen molar-refractivity contribution in [2.24, 2.45) is 5.92 Å². The second-order valence-corrected chi connectivity index (χ2v) is 5.14. The van der Waals surface area contributed by atoms with Gasteiger partial charge in [0.25, 0.3) is 0 Å². The van der Waals surface area contributed by atoms with Gasteiger partial charge in [0.2, 0.25) is 0 Å². The van der Waals surface area contributed by atoms with Gasteiger partial charge < -0.3 is 0 Å². The van der Waals surface area contributed by atoms with Crippen molar-refractivity contribution in [3.05, 3.63) is 20.3 Å². The average molecular weight is 247 g/mol. The van der Waals surface area contributed by atoms with Crippen LogP contribution < -0.4 is 0 Å². The zero-order chi connectivity index (χ0) is 9.30. The Morgan fingerprint density at radius 2 is 2.17 bits per heavy atom. The maximum absolute atomic E-state index is 11.5. The van der Waals surface area contributed by atoms with Crippen LogP contribution in [0.5, 0.6) is 0 Å². The van der Waals surface area contributed by atoms with Crippen LogP contribution in [0.4, 0.5) is 0 Å². The fraction of sp³-hybridized carbons (Fsp3) is 0.444. The van der Waals surface area contributed by atoms with Crippen LogP contribution in [0.2, 0.25) is 0 Å². The summed E-state index contributed by atoms with van der Waals surface area (Å²) >= 11 is 4.95. The zero-order valence-corrected chi connectivity index (χ0v) is 9.75. The number of hydrogen-bond acceptors (Lipinski definition) is 2. The largest absolute Gasteiger partial charge is 0.293 e. The van der Waals surface area contributed by atoms with Crippen molar-refractivity contribution in [3.8, 4) is 0 Å². The molecule has 0 saturated carbocycles. The van der Waals surface area contributed by atoms with Crippen LogP contribution in [0.25, 0.3) is 0 Å². The van der Waals surface area contributed by atoms with Crippen molar-refractivity contribution < 1.29 is 4.79 Å². The summed E-state index contributed by atoms with van der Waals surface area (Å²) < 4.78 is 1.04. The van der Waals surface area contributed by atoms with Crippen molar-refractivity contribution >= 4 is 33.0 Å². The van der Waals surface area contributed by atoms with Gasteiger partial charge in [-0.25, -0.2) is 0 Å². The normalized spacial score (nSPS) is 10.8. The summed E-state index contributed by atoms with van der Waals surface area (Å²) in [6.45, 7) is 5.85. The minimum atomic E-state index is 0.0925. The number of halogens is 1. The highest BCUT2D eigenvalue weighted by molar-refractivity contribution is 9.10. The standard InChI is InChI=1S/C9H11BrOS/c1-5(2)9(11)8-4-7(10)6(3)12-8/h4-5H,1-3H3. The third-order valence-electron chi connectivity index (χ3n) is 1.62. The molecule has 0 amide bonds. The number of aryl methyl sites for hydroxylation is 1. The van der Waals surface area contributed by atoms with E-state index >= 15 is 0 Å². The van der Waals surface area contributed by atoms with Gasteiger partial charge in [-0.1, -0.05) is 13.8 Å². The molecule has 0 aliphatic carbocycles. The number of carbonyl (C=O) groups excluding carboxylic acids is 1. The first-order valence-electron chi connectivity index (χ1n) is 3.82. The molecule has 1 aromatic heterocycles. The predicted octanol–water partition coefficient (Wildman–Crippen LogP) is 3.66. The van der Waals surface area contributed by atoms with Crippen LogP contribution in [-0.4, -0.2) is 5.78 Å². The molecule has 1 heterocycles. The summed E-state index contributed by atoms with van der Waals surface area (Å²) in [6.07, 6.45) is 0. The summed E-state index contributed by atoms with van der Waals surface area (Å²) in [6, 6.07) is 1.91. The molecule has 3 heteroatoms. The van der Waals surface area contributed by atoms with E-state index in [9.17, 15) is 4.79 Å². The van der Waals surface area contributed by atoms with Gasteiger partial charge in [-0.15, -0.1) is 11.3 Å². The first-order valence-corrected chi connectivity index (χ1v) is 5.43. The lowest BCUT2D eigenvalue weighted by atomic mass is 10.1. The molecular weight excluding hydrogens is 236 g/mol. The Morgan fingerprint density at radius 3 is 2.50 bits per heavy atom. The average Bonchev–Trinajstić information content (AvgIpc) is 2.30. The molecule has 0 N–H and O–H groups in total. The second-order valence-electron chi connectivity index (χ2n) is 3.03. The highest BCUT2D eigenvalue weighted by Gasteiger charge is 2.13. The topological polar surface area (TPSA) is 17.1 Å². The van der Waals surface area contributed by atoms with E-state index in [-0.39, 0.29) is 11.7 Å². The van der Waals surface area contributed by atoms with E-state index < -0.39 is 0 Å². The van der Waals surface area contributed by atoms with Crippen molar-refractivity contribution in [1.29, 1.82) is 0 Å². The molecule has 0 spiro atoms. The van der Waals surface area contributed by atoms with Gasteiger partial charge >= 0.3 is 0 Å². The Labute approximate surface area is 84.9 Å². The van der Waals surface area contributed by atoms with Crippen molar-refractivity contribution in [3.63, 3.8) is 0 Å². The molecule has 0 unspecified atom stereocenters. The molecular formula is C9H11BrOS. The summed E-state index contributed by atoms with van der Waals surface area (Å²) in [7, 11) is 0. The van der Waals surface area contributed by atoms with E-state index in [1.807, 2.05) is 26.8 Å². The lowest BCUT2D eigenvalue weighted by Crippen LogP contribution is -2.04. The quantitative estimate of drug-likeness (QED) is 0.729. The molecule has 0 aromatic carbocycles. The monoisotopic (exact) mass is 246 g/mol. The Kier molecular flexibility index (Phi) is 3.07. The molecule has 1 aromatic rings. The van der Waals surface area contributed by atoms with Crippen LogP contribution >= 0.6 is 27.3 Å². The lowest BCUT2D eigenvalue weighted by molar-refractivity contribution is 0.0943. The summed E-state index contributed by atoms with van der Waals surface area (Å²) in [4.78, 5) is 13.5. The van der Waals surface area contributed by atoms with Crippen molar-refractivity contribution in [2.45, 2.75) is 20.8 Å². The minimum Gasteiger partial charge on any atom is -0.293 e. The second kappa shape index (κ2) is 3.71. The summed E-state index contributed by atoms with van der Waals surface area (Å²) in [5.74, 6) is 0.323. The van der Waals surface area contributed by atoms with Crippen LogP contribution in [0.15, 0.2) is 10.5 Å². The fourth-order valence-electron chi connectivity index (χ4n) is 0.866. The molecule has 0 fully saturated rings. The molecule has 0 aliphatic heterocycles. The third kappa shape index (κ3) is 1.96. The molecule has 0 saturated heterocycles. The highest BCUT2D eigenvalue weighted by atomic mass is 79.9. The van der Waals surface area contributed by atoms with Crippen molar-refractivity contribution in [2.75, 3.05) is 0 Å². The van der Waals surface area contributed by atoms with E-state index in [4.69, 9.17) is 0 Å². The van der Waals surface area contributed by atoms with Crippen LogP contribution in [0.3, 0.4) is 0 Å². The minimum absolute atomic E-state index is 0.0925. The number of rotatable bonds is 2. The van der Waals surface area contributed by atoms with Gasteiger partial charge in [-0.3, -0.25) is 4.79 Å². The van der Waals surface area contributed by atoms with Gasteiger partial charge in [0, 0.05) is 15.3 Å². The molecule has 12 heavy (non-hydrogen) atoms. The fourth-order valence-corrected chi connectivity index (χ4v) is 2.49. The molecule has 0 atom stereocenters. The summed E-state index contributed by atoms with van der Waals surface area (Å²) in [5.41, 5.74) is 0. The Balaban J connectivity index is 2.97. The first kappa shape index (κ1) is 9.93. The van der Waals surface area contributed by atoms with Gasteiger partial charge in [-0.05, 0) is 28.9 Å². The van der Waals surface area contributed by atoms with E-state index in [0.717, 1.165) is 9.35 Å². The molecule has 1 rings (SSSR count). The number of thiophene rings is 1. The Morgan fingerprint density at radius 1 is 1.58 bits per heavy atom. The number of ketones is 1. The van der Waals surface area contributed by atoms with E-state index in [2.05, 4.69) is 15.9 Å². The number of Topliss-reactive ketones (excluding diaryl/α,β-unsaturated/α-hetero) is 1. The molecule has 66 valence electrons. The molecule has 1 nitrogen and oxygen atoms in total. The van der Waals surface area contributed by atoms with E-state index in [1.54, 1.807) is 11.3 Å². The van der Waals surface area contributed by atoms with Crippen LogP contribution in [-0.2, 0) is 0 Å². The van der Waals surface area contributed by atoms with Gasteiger partial charge in [0.15, 0.2) is 5.78 Å². The van der Waals surface area contributed by atoms with Crippen LogP contribution in [0.1, 0.15) is 28.4 Å². The highest BCUT2D eigenvalue weighted by Crippen LogP contribution is 2.27. The Bertz CT molecular complexity index is 282. The molecule has 0 aliphatic rings. The van der Waals surface area contributed by atoms with Crippen molar-refractivity contribution in [1.82, 2.24) is 0 Å². The number of hydrogen-bond donors (Lipinski definition) is 0. The number of carbonyl (C=O) groups is 1. The predicted molar refractivity (Wildman–Crippen MR) is 55.9 cm³/mol. The van der Waals surface area contributed by atoms with Gasteiger partial charge in [-0.2, -0.15) is 0 Å². The zero-order valence-electron chi connectivity index (χ0n) is 7.35. The first-order chi connectivity index (χ1) is 5.52. The smallest absolute Gasteiger partial charge is 0.175 e. The SMILES string of the molecule is Cc1sc(C(=O)C(C)C)cc1Br. The van der Waals surface area contributed by atoms with Crippen LogP contribution in [0, 0.1) is 12.8 Å². The maximum atomic E-state index is 11.5. The lowest BCUT2D eigenvalue weighted by Gasteiger charge is -1.98. The molecule has 0 radical (unpaired) electrons. The van der Waals surface area contributed by atoms with Gasteiger partial charge in [0.1, 0.15) is 0 Å². The van der Waals surface area contributed by atoms with E-state index in [1.165, 1.54) is 4.88 Å². The summed E-state index contributed by atoms with van der Waals surface area (Å²) in [5, 5.41) is 0.